The van der Waals surface area contributed by atoms with Gasteiger partial charge in [0.05, 0.1) is 12.6 Å². The maximum atomic E-state index is 12.9. The van der Waals surface area contributed by atoms with Crippen molar-refractivity contribution in [3.8, 4) is 5.75 Å². The van der Waals surface area contributed by atoms with Gasteiger partial charge in [0.1, 0.15) is 11.8 Å². The lowest BCUT2D eigenvalue weighted by Gasteiger charge is -2.41. The second-order valence-corrected chi connectivity index (χ2v) is 7.09. The number of ether oxygens (including phenoxy) is 1. The van der Waals surface area contributed by atoms with E-state index in [1.165, 1.54) is 0 Å². The molecular formula is C19H27N3O3. The van der Waals surface area contributed by atoms with Crippen LogP contribution in [0.5, 0.6) is 5.75 Å². The lowest BCUT2D eigenvalue weighted by Crippen LogP contribution is -2.60. The molecule has 0 radical (unpaired) electrons. The van der Waals surface area contributed by atoms with Crippen LogP contribution in [-0.4, -0.2) is 78.4 Å². The molecule has 25 heavy (non-hydrogen) atoms. The minimum absolute atomic E-state index is 0.0555. The van der Waals surface area contributed by atoms with E-state index in [2.05, 4.69) is 4.90 Å². The van der Waals surface area contributed by atoms with E-state index < -0.39 is 6.04 Å². The van der Waals surface area contributed by atoms with E-state index in [4.69, 9.17) is 4.74 Å². The average Bonchev–Trinajstić information content (AvgIpc) is 3.03. The maximum absolute atomic E-state index is 12.9. The Morgan fingerprint density at radius 2 is 1.92 bits per heavy atom. The first-order valence-electron chi connectivity index (χ1n) is 8.93. The Bertz CT molecular complexity index is 644. The number of carbonyl (C=O) groups excluding carboxylic acids is 2. The Labute approximate surface area is 149 Å². The van der Waals surface area contributed by atoms with Crippen molar-refractivity contribution in [2.24, 2.45) is 0 Å². The lowest BCUT2D eigenvalue weighted by molar-refractivity contribution is -0.141. The molecule has 6 heteroatoms. The minimum atomic E-state index is -0.420. The highest BCUT2D eigenvalue weighted by molar-refractivity contribution is 5.98. The van der Waals surface area contributed by atoms with Crippen molar-refractivity contribution in [3.05, 3.63) is 29.8 Å². The Balaban J connectivity index is 1.75. The summed E-state index contributed by atoms with van der Waals surface area (Å²) in [5.41, 5.74) is 0.596. The van der Waals surface area contributed by atoms with Gasteiger partial charge in [-0.3, -0.25) is 9.59 Å². The number of hydrogen-bond donors (Lipinski definition) is 0. The zero-order valence-corrected chi connectivity index (χ0v) is 15.4. The molecule has 3 atom stereocenters. The topological polar surface area (TPSA) is 53.1 Å². The van der Waals surface area contributed by atoms with Crippen molar-refractivity contribution in [1.29, 1.82) is 0 Å². The number of fused-ring (bicyclic) bond motifs is 1. The van der Waals surface area contributed by atoms with Crippen LogP contribution in [0, 0.1) is 0 Å². The highest BCUT2D eigenvalue weighted by Crippen LogP contribution is 2.29. The lowest BCUT2D eigenvalue weighted by atomic mass is 10.0. The van der Waals surface area contributed by atoms with Gasteiger partial charge in [0.2, 0.25) is 5.91 Å². The summed E-state index contributed by atoms with van der Waals surface area (Å²) in [5.74, 6) is 0.717. The monoisotopic (exact) mass is 345 g/mol. The van der Waals surface area contributed by atoms with Crippen LogP contribution in [0.2, 0.25) is 0 Å². The average molecular weight is 345 g/mol. The number of benzene rings is 1. The summed E-state index contributed by atoms with van der Waals surface area (Å²) in [6.07, 6.45) is 0.915. The van der Waals surface area contributed by atoms with Crippen LogP contribution < -0.4 is 4.74 Å². The predicted octanol–water partition coefficient (Wildman–Crippen LogP) is 1.46. The van der Waals surface area contributed by atoms with Crippen molar-refractivity contribution >= 4 is 11.8 Å². The van der Waals surface area contributed by atoms with Gasteiger partial charge in [-0.2, -0.15) is 0 Å². The molecule has 0 saturated carbocycles. The Morgan fingerprint density at radius 1 is 1.24 bits per heavy atom. The fourth-order valence-corrected chi connectivity index (χ4v) is 3.75. The SMILES string of the molecule is CCOc1ccc(C(=O)N2C[C@@H]3C[C@H](N(C)C)CN3C(=O)[C@@H]2C)cc1. The third-order valence-electron chi connectivity index (χ3n) is 5.31. The van der Waals surface area contributed by atoms with Crippen LogP contribution in [-0.2, 0) is 4.79 Å². The first kappa shape index (κ1) is 17.7. The van der Waals surface area contributed by atoms with E-state index in [-0.39, 0.29) is 17.9 Å². The van der Waals surface area contributed by atoms with Gasteiger partial charge in [0.25, 0.3) is 5.91 Å². The molecule has 1 aromatic carbocycles. The van der Waals surface area contributed by atoms with Crippen LogP contribution >= 0.6 is 0 Å². The van der Waals surface area contributed by atoms with E-state index in [1.807, 2.05) is 32.8 Å². The molecule has 2 aliphatic rings. The first-order chi connectivity index (χ1) is 11.9. The third-order valence-corrected chi connectivity index (χ3v) is 5.31. The molecule has 2 heterocycles. The Hall–Kier alpha value is -2.08. The summed E-state index contributed by atoms with van der Waals surface area (Å²) in [6, 6.07) is 7.21. The van der Waals surface area contributed by atoms with Gasteiger partial charge in [0, 0.05) is 24.7 Å². The molecule has 0 bridgehead atoms. The van der Waals surface area contributed by atoms with E-state index in [0.29, 0.717) is 24.8 Å². The molecule has 0 unspecified atom stereocenters. The second kappa shape index (κ2) is 7.04. The molecule has 3 rings (SSSR count). The molecule has 6 nitrogen and oxygen atoms in total. The van der Waals surface area contributed by atoms with E-state index in [1.54, 1.807) is 29.2 Å². The zero-order valence-electron chi connectivity index (χ0n) is 15.4. The number of carbonyl (C=O) groups is 2. The molecule has 0 N–H and O–H groups in total. The van der Waals surface area contributed by atoms with Gasteiger partial charge in [-0.25, -0.2) is 0 Å². The molecule has 2 aliphatic heterocycles. The van der Waals surface area contributed by atoms with Crippen molar-refractivity contribution in [3.63, 3.8) is 0 Å². The van der Waals surface area contributed by atoms with Gasteiger partial charge in [-0.05, 0) is 58.6 Å². The van der Waals surface area contributed by atoms with E-state index in [9.17, 15) is 9.59 Å². The summed E-state index contributed by atoms with van der Waals surface area (Å²) in [5, 5.41) is 0. The molecule has 136 valence electrons. The second-order valence-electron chi connectivity index (χ2n) is 7.09. The largest absolute Gasteiger partial charge is 0.494 e. The van der Waals surface area contributed by atoms with Crippen molar-refractivity contribution in [1.82, 2.24) is 14.7 Å². The number of rotatable bonds is 4. The Kier molecular flexibility index (Phi) is 4.99. The van der Waals surface area contributed by atoms with Crippen molar-refractivity contribution < 1.29 is 14.3 Å². The summed E-state index contributed by atoms with van der Waals surface area (Å²) in [4.78, 5) is 31.5. The normalized spacial score (nSPS) is 26.1. The van der Waals surface area contributed by atoms with Crippen LogP contribution in [0.3, 0.4) is 0 Å². The van der Waals surface area contributed by atoms with E-state index >= 15 is 0 Å². The van der Waals surface area contributed by atoms with Crippen LogP contribution in [0.15, 0.2) is 24.3 Å². The standard InChI is InChI=1S/C19H27N3O3/c1-5-25-17-8-6-14(7-9-17)19(24)21-12-16-10-15(20(3)4)11-22(16)18(23)13(21)2/h6-9,13,15-16H,5,10-12H2,1-4H3/t13-,15-,16-/m0/s1. The van der Waals surface area contributed by atoms with Crippen molar-refractivity contribution in [2.45, 2.75) is 38.4 Å². The quantitative estimate of drug-likeness (QED) is 0.829. The van der Waals surface area contributed by atoms with E-state index in [0.717, 1.165) is 18.7 Å². The van der Waals surface area contributed by atoms with Crippen molar-refractivity contribution in [2.75, 3.05) is 33.8 Å². The maximum Gasteiger partial charge on any atom is 0.254 e. The van der Waals surface area contributed by atoms with Gasteiger partial charge < -0.3 is 19.4 Å². The molecule has 0 spiro atoms. The Morgan fingerprint density at radius 3 is 2.52 bits per heavy atom. The molecular weight excluding hydrogens is 318 g/mol. The zero-order chi connectivity index (χ0) is 18.1. The summed E-state index contributed by atoms with van der Waals surface area (Å²) < 4.78 is 5.42. The van der Waals surface area contributed by atoms with Crippen LogP contribution in [0.25, 0.3) is 0 Å². The number of amides is 2. The summed E-state index contributed by atoms with van der Waals surface area (Å²) in [7, 11) is 4.08. The molecule has 2 fully saturated rings. The molecule has 0 aliphatic carbocycles. The van der Waals surface area contributed by atoms with Gasteiger partial charge in [-0.15, -0.1) is 0 Å². The third kappa shape index (κ3) is 3.35. The highest BCUT2D eigenvalue weighted by Gasteiger charge is 2.45. The number of hydrogen-bond acceptors (Lipinski definition) is 4. The van der Waals surface area contributed by atoms with Crippen LogP contribution in [0.1, 0.15) is 30.6 Å². The molecule has 2 saturated heterocycles. The molecule has 1 aromatic rings. The number of likely N-dealkylation sites (N-methyl/N-ethyl adjacent to an activating group) is 1. The van der Waals surface area contributed by atoms with Crippen LogP contribution in [0.4, 0.5) is 0 Å². The molecule has 2 amide bonds. The number of nitrogens with zero attached hydrogens (tertiary/aromatic N) is 3. The van der Waals surface area contributed by atoms with Gasteiger partial charge >= 0.3 is 0 Å². The first-order valence-corrected chi connectivity index (χ1v) is 8.93. The number of piperazine rings is 1. The summed E-state index contributed by atoms with van der Waals surface area (Å²) in [6.45, 7) is 5.70. The van der Waals surface area contributed by atoms with Gasteiger partial charge in [0.15, 0.2) is 0 Å². The fraction of sp³-hybridized carbons (Fsp3) is 0.579. The fourth-order valence-electron chi connectivity index (χ4n) is 3.75. The smallest absolute Gasteiger partial charge is 0.254 e. The predicted molar refractivity (Wildman–Crippen MR) is 95.7 cm³/mol. The highest BCUT2D eigenvalue weighted by atomic mass is 16.5. The minimum Gasteiger partial charge on any atom is -0.494 e. The van der Waals surface area contributed by atoms with Gasteiger partial charge in [-0.1, -0.05) is 0 Å². The summed E-state index contributed by atoms with van der Waals surface area (Å²) >= 11 is 0. The molecule has 0 aromatic heterocycles.